The Kier molecular flexibility index (Phi) is 7.03. The maximum Gasteiger partial charge on any atom is 0.416 e. The van der Waals surface area contributed by atoms with Gasteiger partial charge in [0, 0.05) is 13.6 Å². The lowest BCUT2D eigenvalue weighted by molar-refractivity contribution is -0.143. The minimum Gasteiger partial charge on any atom is -0.344 e. The van der Waals surface area contributed by atoms with E-state index in [-0.39, 0.29) is 35.2 Å². The third-order valence-electron chi connectivity index (χ3n) is 4.33. The molecule has 1 unspecified atom stereocenters. The first-order chi connectivity index (χ1) is 13.7. The Hall–Kier alpha value is -2.33. The lowest BCUT2D eigenvalue weighted by atomic mass is 10.0. The first kappa shape index (κ1) is 23.9. The summed E-state index contributed by atoms with van der Waals surface area (Å²) in [4.78, 5) is 13.5. The molecule has 0 saturated heterocycles. The molecular formula is C19H16ClF7N2O. The summed E-state index contributed by atoms with van der Waals surface area (Å²) in [5.41, 5.74) is 2.92. The lowest BCUT2D eigenvalue weighted by Gasteiger charge is -2.22. The number of halogens is 8. The molecule has 2 rings (SSSR count). The molecule has 0 aliphatic carbocycles. The Bertz CT molecular complexity index is 896. The first-order valence-corrected chi connectivity index (χ1v) is 8.82. The third kappa shape index (κ3) is 5.85. The Balaban J connectivity index is 2.17. The molecule has 0 heterocycles. The number of likely N-dealkylation sites (N-methyl/N-ethyl adjacent to an activating group) is 1. The van der Waals surface area contributed by atoms with Gasteiger partial charge in [-0.2, -0.15) is 26.3 Å². The molecule has 0 aliphatic heterocycles. The molecule has 30 heavy (non-hydrogen) atoms. The summed E-state index contributed by atoms with van der Waals surface area (Å²) < 4.78 is 90.8. The second-order valence-electron chi connectivity index (χ2n) is 6.58. The fourth-order valence-electron chi connectivity index (χ4n) is 2.66. The second-order valence-corrected chi connectivity index (χ2v) is 6.98. The summed E-state index contributed by atoms with van der Waals surface area (Å²) in [6, 6.07) is 3.44. The zero-order valence-electron chi connectivity index (χ0n) is 15.4. The maximum atomic E-state index is 13.2. The normalized spacial score (nSPS) is 13.3. The van der Waals surface area contributed by atoms with E-state index in [2.05, 4.69) is 0 Å². The van der Waals surface area contributed by atoms with E-state index in [1.807, 2.05) is 0 Å². The zero-order chi connectivity index (χ0) is 22.9. The van der Waals surface area contributed by atoms with Crippen LogP contribution in [0.25, 0.3) is 0 Å². The minimum atomic E-state index is -4.96. The molecule has 0 fully saturated rings. The SMILES string of the molecule is CN(CCc1cc(C(F)(F)F)cc(C(F)(F)F)c1)C(=O)C(N)c1ccc(F)c(Cl)c1. The fourth-order valence-corrected chi connectivity index (χ4v) is 2.85. The molecule has 0 radical (unpaired) electrons. The average molecular weight is 457 g/mol. The zero-order valence-corrected chi connectivity index (χ0v) is 16.2. The van der Waals surface area contributed by atoms with Crippen molar-refractivity contribution in [1.29, 1.82) is 0 Å². The van der Waals surface area contributed by atoms with Crippen molar-refractivity contribution in [3.63, 3.8) is 0 Å². The number of benzene rings is 2. The molecular weight excluding hydrogens is 441 g/mol. The van der Waals surface area contributed by atoms with E-state index in [0.29, 0.717) is 12.1 Å². The molecule has 2 N–H and O–H groups in total. The van der Waals surface area contributed by atoms with Crippen LogP contribution in [0.2, 0.25) is 5.02 Å². The monoisotopic (exact) mass is 456 g/mol. The van der Waals surface area contributed by atoms with Crippen molar-refractivity contribution in [3.05, 3.63) is 69.5 Å². The number of nitrogens with zero attached hydrogens (tertiary/aromatic N) is 1. The third-order valence-corrected chi connectivity index (χ3v) is 4.62. The summed E-state index contributed by atoms with van der Waals surface area (Å²) in [7, 11) is 1.30. The van der Waals surface area contributed by atoms with E-state index in [4.69, 9.17) is 17.3 Å². The highest BCUT2D eigenvalue weighted by Gasteiger charge is 2.36. The Morgan fingerprint density at radius 2 is 1.57 bits per heavy atom. The topological polar surface area (TPSA) is 46.3 Å². The number of carbonyl (C=O) groups excluding carboxylic acids is 1. The van der Waals surface area contributed by atoms with Gasteiger partial charge in [0.25, 0.3) is 0 Å². The highest BCUT2D eigenvalue weighted by Crippen LogP contribution is 2.36. The summed E-state index contributed by atoms with van der Waals surface area (Å²) >= 11 is 5.65. The van der Waals surface area contributed by atoms with Crippen LogP contribution in [0.15, 0.2) is 36.4 Å². The molecule has 0 saturated carbocycles. The summed E-state index contributed by atoms with van der Waals surface area (Å²) in [6.45, 7) is -0.194. The van der Waals surface area contributed by atoms with Crippen LogP contribution in [-0.2, 0) is 23.6 Å². The van der Waals surface area contributed by atoms with Gasteiger partial charge in [-0.15, -0.1) is 0 Å². The van der Waals surface area contributed by atoms with Gasteiger partial charge in [-0.1, -0.05) is 17.7 Å². The number of nitrogens with two attached hydrogens (primary N) is 1. The molecule has 2 aromatic carbocycles. The van der Waals surface area contributed by atoms with Gasteiger partial charge in [0.1, 0.15) is 11.9 Å². The second kappa shape index (κ2) is 8.81. The van der Waals surface area contributed by atoms with Crippen LogP contribution in [0.1, 0.15) is 28.3 Å². The van der Waals surface area contributed by atoms with Crippen molar-refractivity contribution in [2.45, 2.75) is 24.8 Å². The predicted octanol–water partition coefficient (Wildman–Crippen LogP) is 5.22. The fraction of sp³-hybridized carbons (Fsp3) is 0.316. The summed E-state index contributed by atoms with van der Waals surface area (Å²) in [6.07, 6.45) is -10.2. The highest BCUT2D eigenvalue weighted by molar-refractivity contribution is 6.30. The summed E-state index contributed by atoms with van der Waals surface area (Å²) in [5, 5.41) is -0.248. The van der Waals surface area contributed by atoms with Gasteiger partial charge in [-0.05, 0) is 47.9 Å². The van der Waals surface area contributed by atoms with E-state index in [1.54, 1.807) is 0 Å². The minimum absolute atomic E-state index is 0.0343. The van der Waals surface area contributed by atoms with Crippen LogP contribution in [0, 0.1) is 5.82 Å². The molecule has 2 aromatic rings. The molecule has 0 spiro atoms. The van der Waals surface area contributed by atoms with Crippen molar-refractivity contribution in [3.8, 4) is 0 Å². The van der Waals surface area contributed by atoms with E-state index < -0.39 is 41.2 Å². The summed E-state index contributed by atoms with van der Waals surface area (Å²) in [5.74, 6) is -1.38. The Morgan fingerprint density at radius 1 is 1.03 bits per heavy atom. The van der Waals surface area contributed by atoms with Gasteiger partial charge in [0.15, 0.2) is 0 Å². The molecule has 0 aliphatic rings. The van der Waals surface area contributed by atoms with Gasteiger partial charge >= 0.3 is 12.4 Å². The van der Waals surface area contributed by atoms with Gasteiger partial charge in [-0.3, -0.25) is 4.79 Å². The van der Waals surface area contributed by atoms with Crippen LogP contribution >= 0.6 is 11.6 Å². The largest absolute Gasteiger partial charge is 0.416 e. The number of amides is 1. The molecule has 11 heteroatoms. The standard InChI is InChI=1S/C19H16ClF7N2O/c1-29(17(30)16(28)11-2-3-15(21)14(20)8-11)5-4-10-6-12(18(22,23)24)9-13(7-10)19(25,26)27/h2-3,6-9,16H,4-5,28H2,1H3. The van der Waals surface area contributed by atoms with Crippen LogP contribution in [0.3, 0.4) is 0 Å². The molecule has 0 aromatic heterocycles. The number of rotatable bonds is 5. The molecule has 0 bridgehead atoms. The van der Waals surface area contributed by atoms with Crippen LogP contribution in [0.5, 0.6) is 0 Å². The number of carbonyl (C=O) groups is 1. The van der Waals surface area contributed by atoms with Crippen LogP contribution < -0.4 is 5.73 Å². The van der Waals surface area contributed by atoms with Crippen molar-refractivity contribution < 1.29 is 35.5 Å². The maximum absolute atomic E-state index is 13.2. The van der Waals surface area contributed by atoms with E-state index in [1.165, 1.54) is 13.1 Å². The molecule has 1 amide bonds. The van der Waals surface area contributed by atoms with E-state index in [0.717, 1.165) is 17.0 Å². The predicted molar refractivity (Wildman–Crippen MR) is 96.1 cm³/mol. The quantitative estimate of drug-likeness (QED) is 0.627. The average Bonchev–Trinajstić information content (AvgIpc) is 2.65. The number of hydrogen-bond donors (Lipinski definition) is 1. The Labute approximate surface area is 172 Å². The molecule has 164 valence electrons. The van der Waals surface area contributed by atoms with E-state index in [9.17, 15) is 35.5 Å². The van der Waals surface area contributed by atoms with Crippen molar-refractivity contribution >= 4 is 17.5 Å². The number of hydrogen-bond acceptors (Lipinski definition) is 2. The Morgan fingerprint density at radius 3 is 2.03 bits per heavy atom. The molecule has 1 atom stereocenters. The lowest BCUT2D eigenvalue weighted by Crippen LogP contribution is -2.37. The van der Waals surface area contributed by atoms with E-state index >= 15 is 0 Å². The van der Waals surface area contributed by atoms with Crippen molar-refractivity contribution in [2.24, 2.45) is 5.73 Å². The van der Waals surface area contributed by atoms with Crippen LogP contribution in [-0.4, -0.2) is 24.4 Å². The van der Waals surface area contributed by atoms with Gasteiger partial charge in [-0.25, -0.2) is 4.39 Å². The molecule has 3 nitrogen and oxygen atoms in total. The van der Waals surface area contributed by atoms with Crippen molar-refractivity contribution in [1.82, 2.24) is 4.90 Å². The smallest absolute Gasteiger partial charge is 0.344 e. The first-order valence-electron chi connectivity index (χ1n) is 8.44. The van der Waals surface area contributed by atoms with Crippen LogP contribution in [0.4, 0.5) is 30.7 Å². The highest BCUT2D eigenvalue weighted by atomic mass is 35.5. The van der Waals surface area contributed by atoms with Gasteiger partial charge in [0.2, 0.25) is 5.91 Å². The van der Waals surface area contributed by atoms with Crippen molar-refractivity contribution in [2.75, 3.05) is 13.6 Å². The van der Waals surface area contributed by atoms with Gasteiger partial charge in [0.05, 0.1) is 16.1 Å². The van der Waals surface area contributed by atoms with Gasteiger partial charge < -0.3 is 10.6 Å². The number of alkyl halides is 6.